The Morgan fingerprint density at radius 2 is 2.15 bits per heavy atom. The van der Waals surface area contributed by atoms with E-state index in [9.17, 15) is 4.79 Å². The predicted octanol–water partition coefficient (Wildman–Crippen LogP) is 1.96. The number of benzene rings is 1. The van der Waals surface area contributed by atoms with E-state index in [1.165, 1.54) is 0 Å². The van der Waals surface area contributed by atoms with Crippen LogP contribution < -0.4 is 10.5 Å². The van der Waals surface area contributed by atoms with E-state index in [1.54, 1.807) is 4.90 Å². The van der Waals surface area contributed by atoms with Crippen molar-refractivity contribution in [3.05, 3.63) is 29.8 Å². The average Bonchev–Trinajstić information content (AvgIpc) is 2.86. The van der Waals surface area contributed by atoms with Crippen molar-refractivity contribution in [3.63, 3.8) is 0 Å². The summed E-state index contributed by atoms with van der Waals surface area (Å²) >= 11 is 0. The number of carbonyl (C=O) groups is 1. The van der Waals surface area contributed by atoms with Gasteiger partial charge in [-0.3, -0.25) is 4.79 Å². The van der Waals surface area contributed by atoms with Crippen LogP contribution in [0.5, 0.6) is 5.75 Å². The largest absolute Gasteiger partial charge is 0.491 e. The van der Waals surface area contributed by atoms with Crippen LogP contribution in [-0.4, -0.2) is 37.0 Å². The van der Waals surface area contributed by atoms with Gasteiger partial charge in [-0.2, -0.15) is 0 Å². The molecule has 110 valence electrons. The number of nitrogens with zero attached hydrogens (tertiary/aromatic N) is 1. The van der Waals surface area contributed by atoms with Gasteiger partial charge in [0.1, 0.15) is 12.4 Å². The molecule has 2 atom stereocenters. The first-order chi connectivity index (χ1) is 9.59. The van der Waals surface area contributed by atoms with Crippen molar-refractivity contribution in [1.29, 1.82) is 0 Å². The summed E-state index contributed by atoms with van der Waals surface area (Å²) < 4.78 is 5.72. The van der Waals surface area contributed by atoms with Crippen molar-refractivity contribution in [1.82, 2.24) is 4.90 Å². The number of rotatable bonds is 5. The molecule has 4 heteroatoms. The van der Waals surface area contributed by atoms with Gasteiger partial charge in [0, 0.05) is 13.1 Å². The Labute approximate surface area is 120 Å². The van der Waals surface area contributed by atoms with Crippen LogP contribution in [0.1, 0.15) is 24.8 Å². The van der Waals surface area contributed by atoms with Crippen molar-refractivity contribution in [3.8, 4) is 5.75 Å². The Bertz CT molecular complexity index is 462. The van der Waals surface area contributed by atoms with Crippen LogP contribution in [0.25, 0.3) is 0 Å². The lowest BCUT2D eigenvalue weighted by Gasteiger charge is -2.23. The molecule has 1 aromatic rings. The minimum Gasteiger partial charge on any atom is -0.491 e. The maximum atomic E-state index is 12.3. The zero-order chi connectivity index (χ0) is 14.5. The topological polar surface area (TPSA) is 55.6 Å². The third-order valence-corrected chi connectivity index (χ3v) is 4.04. The van der Waals surface area contributed by atoms with Gasteiger partial charge in [-0.05, 0) is 31.4 Å². The first-order valence-electron chi connectivity index (χ1n) is 7.28. The van der Waals surface area contributed by atoms with Crippen molar-refractivity contribution in [2.45, 2.75) is 32.2 Å². The number of likely N-dealkylation sites (N-methyl/N-ethyl adjacent to an activating group) is 1. The van der Waals surface area contributed by atoms with E-state index in [4.69, 9.17) is 10.5 Å². The summed E-state index contributed by atoms with van der Waals surface area (Å²) in [5.74, 6) is 1.03. The maximum absolute atomic E-state index is 12.3. The summed E-state index contributed by atoms with van der Waals surface area (Å²) in [5, 5.41) is 0. The van der Waals surface area contributed by atoms with Gasteiger partial charge >= 0.3 is 0 Å². The molecular formula is C16H24N2O2. The summed E-state index contributed by atoms with van der Waals surface area (Å²) in [7, 11) is 1.83. The highest BCUT2D eigenvalue weighted by Gasteiger charge is 2.31. The molecule has 1 saturated carbocycles. The molecule has 1 aliphatic carbocycles. The number of carbonyl (C=O) groups excluding carboxylic acids is 1. The molecule has 0 spiro atoms. The molecule has 0 aliphatic heterocycles. The molecule has 2 rings (SSSR count). The van der Waals surface area contributed by atoms with Gasteiger partial charge in [-0.25, -0.2) is 0 Å². The number of nitrogens with two attached hydrogens (primary N) is 1. The lowest BCUT2D eigenvalue weighted by atomic mass is 10.0. The van der Waals surface area contributed by atoms with Crippen LogP contribution in [0.3, 0.4) is 0 Å². The van der Waals surface area contributed by atoms with Crippen LogP contribution in [0.15, 0.2) is 24.3 Å². The Kier molecular flexibility index (Phi) is 5.01. The molecule has 2 N–H and O–H groups in total. The highest BCUT2D eigenvalue weighted by Crippen LogP contribution is 2.25. The Balaban J connectivity index is 1.79. The van der Waals surface area contributed by atoms with Gasteiger partial charge in [0.05, 0.1) is 12.5 Å². The molecule has 1 fully saturated rings. The number of hydrogen-bond donors (Lipinski definition) is 1. The van der Waals surface area contributed by atoms with Crippen LogP contribution in [-0.2, 0) is 4.79 Å². The van der Waals surface area contributed by atoms with Crippen molar-refractivity contribution in [2.24, 2.45) is 11.7 Å². The van der Waals surface area contributed by atoms with Gasteiger partial charge in [0.2, 0.25) is 5.91 Å². The van der Waals surface area contributed by atoms with Crippen LogP contribution in [0, 0.1) is 12.8 Å². The molecule has 1 aromatic carbocycles. The third-order valence-electron chi connectivity index (χ3n) is 4.04. The molecule has 0 aromatic heterocycles. The summed E-state index contributed by atoms with van der Waals surface area (Å²) in [4.78, 5) is 14.0. The smallest absolute Gasteiger partial charge is 0.227 e. The average molecular weight is 276 g/mol. The number of ether oxygens (including phenoxy) is 1. The van der Waals surface area contributed by atoms with Gasteiger partial charge in [-0.15, -0.1) is 0 Å². The lowest BCUT2D eigenvalue weighted by molar-refractivity contribution is -0.134. The summed E-state index contributed by atoms with van der Waals surface area (Å²) in [6, 6.07) is 7.93. The van der Waals surface area contributed by atoms with E-state index in [0.29, 0.717) is 13.2 Å². The van der Waals surface area contributed by atoms with Gasteiger partial charge in [-0.1, -0.05) is 24.6 Å². The summed E-state index contributed by atoms with van der Waals surface area (Å²) in [5.41, 5.74) is 7.09. The first kappa shape index (κ1) is 14.9. The Morgan fingerprint density at radius 1 is 1.40 bits per heavy atom. The van der Waals surface area contributed by atoms with Crippen LogP contribution in [0.4, 0.5) is 0 Å². The highest BCUT2D eigenvalue weighted by molar-refractivity contribution is 5.79. The van der Waals surface area contributed by atoms with Gasteiger partial charge < -0.3 is 15.4 Å². The van der Waals surface area contributed by atoms with Gasteiger partial charge in [0.25, 0.3) is 0 Å². The van der Waals surface area contributed by atoms with E-state index in [1.807, 2.05) is 38.2 Å². The molecule has 2 unspecified atom stereocenters. The highest BCUT2D eigenvalue weighted by atomic mass is 16.5. The van der Waals surface area contributed by atoms with Crippen molar-refractivity contribution in [2.75, 3.05) is 20.2 Å². The van der Waals surface area contributed by atoms with Crippen LogP contribution in [0.2, 0.25) is 0 Å². The van der Waals surface area contributed by atoms with Crippen molar-refractivity contribution < 1.29 is 9.53 Å². The zero-order valence-corrected chi connectivity index (χ0v) is 12.3. The molecule has 1 aliphatic rings. The maximum Gasteiger partial charge on any atom is 0.227 e. The summed E-state index contributed by atoms with van der Waals surface area (Å²) in [6.07, 6.45) is 2.94. The van der Waals surface area contributed by atoms with Crippen molar-refractivity contribution >= 4 is 5.91 Å². The Morgan fingerprint density at radius 3 is 2.80 bits per heavy atom. The molecule has 20 heavy (non-hydrogen) atoms. The fraction of sp³-hybridized carbons (Fsp3) is 0.562. The quantitative estimate of drug-likeness (QED) is 0.894. The molecule has 0 bridgehead atoms. The number of hydrogen-bond acceptors (Lipinski definition) is 3. The molecule has 0 saturated heterocycles. The predicted molar refractivity (Wildman–Crippen MR) is 79.6 cm³/mol. The molecule has 0 radical (unpaired) electrons. The van der Waals surface area contributed by atoms with E-state index < -0.39 is 0 Å². The van der Waals surface area contributed by atoms with E-state index in [-0.39, 0.29) is 17.9 Å². The monoisotopic (exact) mass is 276 g/mol. The SMILES string of the molecule is Cc1ccccc1OCCN(C)C(=O)C1CCCC1N. The minimum atomic E-state index is -0.00142. The second kappa shape index (κ2) is 6.75. The third kappa shape index (κ3) is 3.51. The molecule has 0 heterocycles. The normalized spacial score (nSPS) is 21.8. The van der Waals surface area contributed by atoms with Crippen LogP contribution >= 0.6 is 0 Å². The molecule has 1 amide bonds. The standard InChI is InChI=1S/C16H24N2O2/c1-12-6-3-4-9-15(12)20-11-10-18(2)16(19)13-7-5-8-14(13)17/h3-4,6,9,13-14H,5,7-8,10-11,17H2,1-2H3. The number of para-hydroxylation sites is 1. The van der Waals surface area contributed by atoms with E-state index in [0.717, 1.165) is 30.6 Å². The second-order valence-corrected chi connectivity index (χ2v) is 5.58. The van der Waals surface area contributed by atoms with E-state index >= 15 is 0 Å². The number of amides is 1. The molecular weight excluding hydrogens is 252 g/mol. The fourth-order valence-corrected chi connectivity index (χ4v) is 2.70. The van der Waals surface area contributed by atoms with Gasteiger partial charge in [0.15, 0.2) is 0 Å². The molecule has 4 nitrogen and oxygen atoms in total. The van der Waals surface area contributed by atoms with E-state index in [2.05, 4.69) is 0 Å². The number of aryl methyl sites for hydroxylation is 1. The lowest BCUT2D eigenvalue weighted by Crippen LogP contribution is -2.41. The first-order valence-corrected chi connectivity index (χ1v) is 7.28. The Hall–Kier alpha value is -1.55. The zero-order valence-electron chi connectivity index (χ0n) is 12.3. The second-order valence-electron chi connectivity index (χ2n) is 5.58. The fourth-order valence-electron chi connectivity index (χ4n) is 2.70. The summed E-state index contributed by atoms with van der Waals surface area (Å²) in [6.45, 7) is 3.12. The minimum absolute atomic E-state index is 0.00142.